The number of halogens is 2. The van der Waals surface area contributed by atoms with Crippen molar-refractivity contribution in [3.63, 3.8) is 0 Å². The summed E-state index contributed by atoms with van der Waals surface area (Å²) in [5.74, 6) is -2.13. The molecule has 7 nitrogen and oxygen atoms in total. The number of thiazole rings is 1. The summed E-state index contributed by atoms with van der Waals surface area (Å²) < 4.78 is 27.9. The SMILES string of the molecule is OC1CCC(Nc2nc(Cc3nc4cccnc4s3)cc(CN3CCCC(F)(F)C3)n2)CC1. The zero-order chi connectivity index (χ0) is 22.8. The van der Waals surface area contributed by atoms with Crippen LogP contribution in [0.5, 0.6) is 0 Å². The maximum absolute atomic E-state index is 13.9. The van der Waals surface area contributed by atoms with E-state index in [2.05, 4.69) is 20.3 Å². The number of anilines is 1. The maximum Gasteiger partial charge on any atom is 0.260 e. The average Bonchev–Trinajstić information content (AvgIpc) is 3.17. The Kier molecular flexibility index (Phi) is 6.49. The molecule has 0 amide bonds. The van der Waals surface area contributed by atoms with Crippen LogP contribution in [-0.4, -0.2) is 61.1 Å². The molecular weight excluding hydrogens is 446 g/mol. The summed E-state index contributed by atoms with van der Waals surface area (Å²) in [5.41, 5.74) is 2.40. The minimum atomic E-state index is -2.65. The standard InChI is InChI=1S/C23H28F2N6OS/c24-23(25)8-2-10-31(14-23)13-17-11-16(12-20-30-19-3-1-9-26-21(19)33-20)28-22(29-17)27-15-4-6-18(32)7-5-15/h1,3,9,11,15,18,32H,2,4-8,10,12-14H2,(H,27,28,29). The molecule has 2 N–H and O–H groups in total. The molecule has 0 bridgehead atoms. The van der Waals surface area contributed by atoms with Gasteiger partial charge >= 0.3 is 0 Å². The zero-order valence-corrected chi connectivity index (χ0v) is 19.2. The molecule has 176 valence electrons. The van der Waals surface area contributed by atoms with Crippen LogP contribution in [0.1, 0.15) is 54.9 Å². The predicted octanol–water partition coefficient (Wildman–Crippen LogP) is 4.02. The van der Waals surface area contributed by atoms with E-state index in [4.69, 9.17) is 4.98 Å². The number of rotatable bonds is 6. The topological polar surface area (TPSA) is 87.1 Å². The second kappa shape index (κ2) is 9.52. The molecule has 3 aromatic rings. The summed E-state index contributed by atoms with van der Waals surface area (Å²) in [4.78, 5) is 21.1. The highest BCUT2D eigenvalue weighted by atomic mass is 32.1. The molecule has 0 aromatic carbocycles. The Hall–Kier alpha value is -2.30. The normalized spacial score (nSPS) is 23.6. The Morgan fingerprint density at radius 3 is 2.76 bits per heavy atom. The van der Waals surface area contributed by atoms with E-state index in [0.29, 0.717) is 31.9 Å². The van der Waals surface area contributed by atoms with E-state index < -0.39 is 5.92 Å². The molecular formula is C23H28F2N6OS. The van der Waals surface area contributed by atoms with Crippen molar-refractivity contribution in [3.05, 3.63) is 40.8 Å². The van der Waals surface area contributed by atoms with Crippen molar-refractivity contribution >= 4 is 27.6 Å². The molecule has 0 radical (unpaired) electrons. The van der Waals surface area contributed by atoms with E-state index in [0.717, 1.165) is 52.4 Å². The summed E-state index contributed by atoms with van der Waals surface area (Å²) >= 11 is 1.53. The van der Waals surface area contributed by atoms with Crippen molar-refractivity contribution in [2.24, 2.45) is 0 Å². The van der Waals surface area contributed by atoms with Gasteiger partial charge in [-0.05, 0) is 56.8 Å². The first kappa shape index (κ1) is 22.5. The molecule has 5 rings (SSSR count). The van der Waals surface area contributed by atoms with Crippen molar-refractivity contribution in [1.29, 1.82) is 0 Å². The van der Waals surface area contributed by atoms with Crippen molar-refractivity contribution in [2.45, 2.75) is 69.6 Å². The Morgan fingerprint density at radius 2 is 1.97 bits per heavy atom. The number of fused-ring (bicyclic) bond motifs is 1. The molecule has 0 unspecified atom stereocenters. The molecule has 1 saturated carbocycles. The summed E-state index contributed by atoms with van der Waals surface area (Å²) in [6.45, 7) is 0.769. The quantitative estimate of drug-likeness (QED) is 0.558. The van der Waals surface area contributed by atoms with Crippen LogP contribution in [-0.2, 0) is 13.0 Å². The van der Waals surface area contributed by atoms with Crippen LogP contribution in [0.15, 0.2) is 24.4 Å². The Morgan fingerprint density at radius 1 is 1.15 bits per heavy atom. The average molecular weight is 475 g/mol. The van der Waals surface area contributed by atoms with E-state index in [9.17, 15) is 13.9 Å². The van der Waals surface area contributed by atoms with Gasteiger partial charge in [-0.2, -0.15) is 0 Å². The van der Waals surface area contributed by atoms with Gasteiger partial charge in [-0.1, -0.05) is 11.3 Å². The lowest BCUT2D eigenvalue weighted by molar-refractivity contribution is -0.0663. The van der Waals surface area contributed by atoms with Crippen LogP contribution >= 0.6 is 11.3 Å². The minimum absolute atomic E-state index is 0.0511. The van der Waals surface area contributed by atoms with E-state index in [1.165, 1.54) is 11.3 Å². The molecule has 0 atom stereocenters. The number of piperidine rings is 1. The fourth-order valence-electron chi connectivity index (χ4n) is 4.65. The predicted molar refractivity (Wildman–Crippen MR) is 124 cm³/mol. The molecule has 1 saturated heterocycles. The van der Waals surface area contributed by atoms with Crippen LogP contribution in [0.3, 0.4) is 0 Å². The van der Waals surface area contributed by atoms with Crippen molar-refractivity contribution in [3.8, 4) is 0 Å². The Balaban J connectivity index is 1.38. The summed E-state index contributed by atoms with van der Waals surface area (Å²) in [7, 11) is 0. The van der Waals surface area contributed by atoms with Gasteiger partial charge < -0.3 is 10.4 Å². The summed E-state index contributed by atoms with van der Waals surface area (Å²) in [6, 6.07) is 5.91. The van der Waals surface area contributed by atoms with Gasteiger partial charge in [-0.15, -0.1) is 0 Å². The molecule has 3 aromatic heterocycles. The smallest absolute Gasteiger partial charge is 0.260 e. The van der Waals surface area contributed by atoms with E-state index in [-0.39, 0.29) is 25.1 Å². The van der Waals surface area contributed by atoms with Crippen molar-refractivity contribution in [2.75, 3.05) is 18.4 Å². The number of aliphatic hydroxyl groups excluding tert-OH is 1. The summed E-state index contributed by atoms with van der Waals surface area (Å²) in [5, 5.41) is 14.1. The maximum atomic E-state index is 13.9. The van der Waals surface area contributed by atoms with E-state index in [1.807, 2.05) is 18.2 Å². The third-order valence-electron chi connectivity index (χ3n) is 6.26. The lowest BCUT2D eigenvalue weighted by Gasteiger charge is -2.32. The molecule has 2 aliphatic rings. The van der Waals surface area contributed by atoms with Gasteiger partial charge in [-0.25, -0.2) is 28.7 Å². The van der Waals surface area contributed by atoms with Crippen LogP contribution in [0.2, 0.25) is 0 Å². The van der Waals surface area contributed by atoms with Gasteiger partial charge in [0.05, 0.1) is 24.0 Å². The number of alkyl halides is 2. The van der Waals surface area contributed by atoms with Gasteiger partial charge in [0.2, 0.25) is 5.95 Å². The fourth-order valence-corrected chi connectivity index (χ4v) is 5.57. The number of nitrogens with zero attached hydrogens (tertiary/aromatic N) is 5. The second-order valence-electron chi connectivity index (χ2n) is 9.11. The van der Waals surface area contributed by atoms with Gasteiger partial charge in [0.1, 0.15) is 15.4 Å². The van der Waals surface area contributed by atoms with Crippen LogP contribution in [0.25, 0.3) is 10.3 Å². The highest BCUT2D eigenvalue weighted by Gasteiger charge is 2.35. The molecule has 10 heteroatoms. The third-order valence-corrected chi connectivity index (χ3v) is 7.24. The first-order chi connectivity index (χ1) is 15.9. The molecule has 1 aliphatic heterocycles. The first-order valence-corrected chi connectivity index (χ1v) is 12.4. The lowest BCUT2D eigenvalue weighted by Crippen LogP contribution is -2.42. The summed E-state index contributed by atoms with van der Waals surface area (Å²) in [6.07, 6.45) is 5.70. The largest absolute Gasteiger partial charge is 0.393 e. The highest BCUT2D eigenvalue weighted by Crippen LogP contribution is 2.28. The number of pyridine rings is 1. The molecule has 0 spiro atoms. The Labute approximate surface area is 195 Å². The molecule has 4 heterocycles. The van der Waals surface area contributed by atoms with Gasteiger partial charge in [0.15, 0.2) is 0 Å². The first-order valence-electron chi connectivity index (χ1n) is 11.5. The number of aliphatic hydroxyl groups is 1. The minimum Gasteiger partial charge on any atom is -0.393 e. The van der Waals surface area contributed by atoms with Gasteiger partial charge in [-0.3, -0.25) is 4.90 Å². The lowest BCUT2D eigenvalue weighted by atomic mass is 9.93. The molecule has 2 fully saturated rings. The van der Waals surface area contributed by atoms with Gasteiger partial charge in [0, 0.05) is 31.6 Å². The van der Waals surface area contributed by atoms with Gasteiger partial charge in [0.25, 0.3) is 5.92 Å². The van der Waals surface area contributed by atoms with E-state index >= 15 is 0 Å². The zero-order valence-electron chi connectivity index (χ0n) is 18.4. The van der Waals surface area contributed by atoms with E-state index in [1.54, 1.807) is 11.1 Å². The third kappa shape index (κ3) is 5.80. The number of nitrogens with one attached hydrogen (secondary N) is 1. The van der Waals surface area contributed by atoms with Crippen LogP contribution < -0.4 is 5.32 Å². The number of likely N-dealkylation sites (tertiary alicyclic amines) is 1. The highest BCUT2D eigenvalue weighted by molar-refractivity contribution is 7.18. The van der Waals surface area contributed by atoms with Crippen LogP contribution in [0.4, 0.5) is 14.7 Å². The molecule has 33 heavy (non-hydrogen) atoms. The van der Waals surface area contributed by atoms with Crippen molar-refractivity contribution in [1.82, 2.24) is 24.8 Å². The number of hydrogen-bond donors (Lipinski definition) is 2. The fraction of sp³-hybridized carbons (Fsp3) is 0.565. The van der Waals surface area contributed by atoms with Crippen LogP contribution in [0, 0.1) is 0 Å². The number of hydrogen-bond acceptors (Lipinski definition) is 8. The Bertz CT molecular complexity index is 1070. The monoisotopic (exact) mass is 474 g/mol. The molecule has 1 aliphatic carbocycles. The number of aromatic nitrogens is 4. The second-order valence-corrected chi connectivity index (χ2v) is 10.2. The van der Waals surface area contributed by atoms with Crippen molar-refractivity contribution < 1.29 is 13.9 Å².